The molecule has 1 aromatic carbocycles. The van der Waals surface area contributed by atoms with Crippen molar-refractivity contribution in [3.63, 3.8) is 0 Å². The van der Waals surface area contributed by atoms with Gasteiger partial charge < -0.3 is 11.1 Å². The van der Waals surface area contributed by atoms with Gasteiger partial charge in [0, 0.05) is 6.54 Å². The molecule has 0 radical (unpaired) electrons. The smallest absolute Gasteiger partial charge is 0.0739 e. The maximum Gasteiger partial charge on any atom is 0.0739 e. The summed E-state index contributed by atoms with van der Waals surface area (Å²) in [5.74, 6) is 0.966. The minimum absolute atomic E-state index is 0.630. The average Bonchev–Trinajstić information content (AvgIpc) is 2.83. The summed E-state index contributed by atoms with van der Waals surface area (Å²) in [6.07, 6.45) is 8.28. The molecule has 0 spiro atoms. The molecule has 0 heterocycles. The number of halogens is 1. The van der Waals surface area contributed by atoms with Gasteiger partial charge in [0.2, 0.25) is 0 Å². The molecule has 94 valence electrons. The van der Waals surface area contributed by atoms with Gasteiger partial charge >= 0.3 is 0 Å². The number of para-hydroxylation sites is 1. The van der Waals surface area contributed by atoms with Crippen molar-refractivity contribution in [2.75, 3.05) is 17.6 Å². The van der Waals surface area contributed by atoms with E-state index in [0.717, 1.165) is 18.2 Å². The van der Waals surface area contributed by atoms with Crippen LogP contribution in [-0.2, 0) is 0 Å². The van der Waals surface area contributed by atoms with Crippen LogP contribution in [-0.4, -0.2) is 6.54 Å². The normalized spacial score (nSPS) is 16.3. The molecule has 2 nitrogen and oxygen atoms in total. The summed E-state index contributed by atoms with van der Waals surface area (Å²) in [6.45, 7) is 0.987. The summed E-state index contributed by atoms with van der Waals surface area (Å²) in [5, 5.41) is 4.00. The van der Waals surface area contributed by atoms with E-state index in [9.17, 15) is 0 Å². The van der Waals surface area contributed by atoms with E-state index in [2.05, 4.69) is 5.32 Å². The molecule has 0 aliphatic heterocycles. The first-order chi connectivity index (χ1) is 8.27. The standard InChI is InChI=1S/C14H21ClN2/c15-12-8-3-9-13(14(12)16)17-10-4-7-11-5-1-2-6-11/h3,8-9,11,17H,1-2,4-7,10,16H2. The van der Waals surface area contributed by atoms with Crippen molar-refractivity contribution in [2.24, 2.45) is 5.92 Å². The Kier molecular flexibility index (Phi) is 4.55. The van der Waals surface area contributed by atoms with Crippen LogP contribution in [0.1, 0.15) is 38.5 Å². The van der Waals surface area contributed by atoms with Gasteiger partial charge in [0.1, 0.15) is 0 Å². The second-order valence-electron chi connectivity index (χ2n) is 4.92. The fourth-order valence-electron chi connectivity index (χ4n) is 2.60. The molecule has 0 aromatic heterocycles. The van der Waals surface area contributed by atoms with E-state index in [-0.39, 0.29) is 0 Å². The number of hydrogen-bond donors (Lipinski definition) is 2. The molecule has 3 heteroatoms. The Morgan fingerprint density at radius 3 is 2.82 bits per heavy atom. The Balaban J connectivity index is 1.72. The maximum absolute atomic E-state index is 5.97. The lowest BCUT2D eigenvalue weighted by molar-refractivity contribution is 0.491. The molecule has 0 saturated heterocycles. The third kappa shape index (κ3) is 3.53. The molecular weight excluding hydrogens is 232 g/mol. The van der Waals surface area contributed by atoms with Gasteiger partial charge in [0.15, 0.2) is 0 Å². The lowest BCUT2D eigenvalue weighted by atomic mass is 10.0. The van der Waals surface area contributed by atoms with Gasteiger partial charge in [-0.1, -0.05) is 43.4 Å². The monoisotopic (exact) mass is 252 g/mol. The van der Waals surface area contributed by atoms with Gasteiger partial charge in [0.25, 0.3) is 0 Å². The third-order valence-corrected chi connectivity index (χ3v) is 3.96. The van der Waals surface area contributed by atoms with Crippen LogP contribution >= 0.6 is 11.6 Å². The molecular formula is C14H21ClN2. The van der Waals surface area contributed by atoms with Gasteiger partial charge in [0.05, 0.1) is 16.4 Å². The number of nitrogens with two attached hydrogens (primary N) is 1. The van der Waals surface area contributed by atoms with Gasteiger partial charge in [-0.15, -0.1) is 0 Å². The van der Waals surface area contributed by atoms with Crippen LogP contribution < -0.4 is 11.1 Å². The first-order valence-corrected chi connectivity index (χ1v) is 6.93. The van der Waals surface area contributed by atoms with E-state index < -0.39 is 0 Å². The molecule has 0 bridgehead atoms. The number of hydrogen-bond acceptors (Lipinski definition) is 2. The van der Waals surface area contributed by atoms with Crippen LogP contribution in [0.25, 0.3) is 0 Å². The van der Waals surface area contributed by atoms with Gasteiger partial charge in [-0.2, -0.15) is 0 Å². The number of benzene rings is 1. The molecule has 17 heavy (non-hydrogen) atoms. The van der Waals surface area contributed by atoms with Crippen molar-refractivity contribution in [3.8, 4) is 0 Å². The van der Waals surface area contributed by atoms with Gasteiger partial charge in [-0.3, -0.25) is 0 Å². The van der Waals surface area contributed by atoms with E-state index >= 15 is 0 Å². The molecule has 1 aliphatic rings. The Hall–Kier alpha value is -0.890. The highest BCUT2D eigenvalue weighted by atomic mass is 35.5. The van der Waals surface area contributed by atoms with Crippen LogP contribution in [0.3, 0.4) is 0 Å². The molecule has 1 fully saturated rings. The zero-order chi connectivity index (χ0) is 12.1. The topological polar surface area (TPSA) is 38.0 Å². The highest BCUT2D eigenvalue weighted by Gasteiger charge is 2.13. The van der Waals surface area contributed by atoms with Crippen molar-refractivity contribution >= 4 is 23.0 Å². The van der Waals surface area contributed by atoms with E-state index in [1.54, 1.807) is 0 Å². The summed E-state index contributed by atoms with van der Waals surface area (Å²) >= 11 is 5.97. The highest BCUT2D eigenvalue weighted by molar-refractivity contribution is 6.33. The van der Waals surface area contributed by atoms with Crippen molar-refractivity contribution in [2.45, 2.75) is 38.5 Å². The fourth-order valence-corrected chi connectivity index (χ4v) is 2.78. The number of anilines is 2. The molecule has 0 unspecified atom stereocenters. The molecule has 1 saturated carbocycles. The molecule has 0 atom stereocenters. The first-order valence-electron chi connectivity index (χ1n) is 6.55. The molecule has 2 rings (SSSR count). The number of nitrogen functional groups attached to an aromatic ring is 1. The minimum atomic E-state index is 0.630. The lowest BCUT2D eigenvalue weighted by Gasteiger charge is -2.12. The van der Waals surface area contributed by atoms with Crippen LogP contribution in [0.5, 0.6) is 0 Å². The summed E-state index contributed by atoms with van der Waals surface area (Å²) in [6, 6.07) is 5.73. The summed E-state index contributed by atoms with van der Waals surface area (Å²) in [7, 11) is 0. The molecule has 0 amide bonds. The highest BCUT2D eigenvalue weighted by Crippen LogP contribution is 2.29. The predicted octanol–water partition coefficient (Wildman–Crippen LogP) is 4.30. The summed E-state index contributed by atoms with van der Waals surface area (Å²) in [4.78, 5) is 0. The zero-order valence-electron chi connectivity index (χ0n) is 10.2. The quantitative estimate of drug-likeness (QED) is 0.606. The second kappa shape index (κ2) is 6.15. The van der Waals surface area contributed by atoms with E-state index in [4.69, 9.17) is 17.3 Å². The summed E-state index contributed by atoms with van der Waals surface area (Å²) in [5.41, 5.74) is 7.52. The predicted molar refractivity (Wildman–Crippen MR) is 75.5 cm³/mol. The van der Waals surface area contributed by atoms with Crippen molar-refractivity contribution < 1.29 is 0 Å². The van der Waals surface area contributed by atoms with E-state index in [1.165, 1.54) is 38.5 Å². The third-order valence-electron chi connectivity index (χ3n) is 3.63. The number of nitrogens with one attached hydrogen (secondary N) is 1. The zero-order valence-corrected chi connectivity index (χ0v) is 11.0. The van der Waals surface area contributed by atoms with Crippen LogP contribution in [0.15, 0.2) is 18.2 Å². The average molecular weight is 253 g/mol. The Labute approximate surface area is 109 Å². The maximum atomic E-state index is 5.97. The molecule has 3 N–H and O–H groups in total. The van der Waals surface area contributed by atoms with E-state index in [0.29, 0.717) is 10.7 Å². The minimum Gasteiger partial charge on any atom is -0.396 e. The van der Waals surface area contributed by atoms with Gasteiger partial charge in [-0.05, 0) is 30.9 Å². The summed E-state index contributed by atoms with van der Waals surface area (Å²) < 4.78 is 0. The van der Waals surface area contributed by atoms with Crippen molar-refractivity contribution in [3.05, 3.63) is 23.2 Å². The Bertz CT molecular complexity index is 359. The number of rotatable bonds is 5. The second-order valence-corrected chi connectivity index (χ2v) is 5.33. The van der Waals surface area contributed by atoms with Crippen LogP contribution in [0.4, 0.5) is 11.4 Å². The molecule has 1 aromatic rings. The van der Waals surface area contributed by atoms with Crippen molar-refractivity contribution in [1.82, 2.24) is 0 Å². The SMILES string of the molecule is Nc1c(Cl)cccc1NCCCC1CCCC1. The largest absolute Gasteiger partial charge is 0.396 e. The van der Waals surface area contributed by atoms with Crippen LogP contribution in [0, 0.1) is 5.92 Å². The Morgan fingerprint density at radius 2 is 2.06 bits per heavy atom. The van der Waals surface area contributed by atoms with Crippen molar-refractivity contribution in [1.29, 1.82) is 0 Å². The van der Waals surface area contributed by atoms with E-state index in [1.807, 2.05) is 18.2 Å². The molecule has 1 aliphatic carbocycles. The van der Waals surface area contributed by atoms with Gasteiger partial charge in [-0.25, -0.2) is 0 Å². The first kappa shape index (κ1) is 12.6. The van der Waals surface area contributed by atoms with Crippen LogP contribution in [0.2, 0.25) is 5.02 Å². The fraction of sp³-hybridized carbons (Fsp3) is 0.571. The Morgan fingerprint density at radius 1 is 1.29 bits per heavy atom. The lowest BCUT2D eigenvalue weighted by Crippen LogP contribution is -2.06.